The maximum atomic E-state index is 5.79. The Kier molecular flexibility index (Phi) is 9.71. The first-order valence-corrected chi connectivity index (χ1v) is 9.58. The van der Waals surface area contributed by atoms with Gasteiger partial charge in [-0.2, -0.15) is 0 Å². The topological polar surface area (TPSA) is 54.9 Å². The molecule has 1 aliphatic carbocycles. The minimum absolute atomic E-state index is 0. The summed E-state index contributed by atoms with van der Waals surface area (Å²) in [4.78, 5) is 4.34. The Labute approximate surface area is 174 Å². The Morgan fingerprint density at radius 3 is 2.96 bits per heavy atom. The molecule has 5 nitrogen and oxygen atoms in total. The second-order valence-corrected chi connectivity index (χ2v) is 6.88. The molecule has 1 aromatic rings. The fourth-order valence-corrected chi connectivity index (χ4v) is 3.68. The Balaban J connectivity index is 0.00000243. The van der Waals surface area contributed by atoms with E-state index in [1.165, 1.54) is 30.4 Å². The van der Waals surface area contributed by atoms with Crippen LogP contribution in [-0.4, -0.2) is 52.0 Å². The highest BCUT2D eigenvalue weighted by Gasteiger charge is 2.19. The van der Waals surface area contributed by atoms with E-state index < -0.39 is 0 Å². The largest absolute Gasteiger partial charge is 0.379 e. The van der Waals surface area contributed by atoms with Crippen molar-refractivity contribution in [3.05, 3.63) is 35.4 Å². The van der Waals surface area contributed by atoms with Crippen molar-refractivity contribution >= 4 is 29.9 Å². The van der Waals surface area contributed by atoms with Crippen LogP contribution in [0.2, 0.25) is 0 Å². The average Bonchev–Trinajstić information content (AvgIpc) is 3.17. The van der Waals surface area contributed by atoms with E-state index >= 15 is 0 Å². The van der Waals surface area contributed by atoms with Crippen molar-refractivity contribution in [2.75, 3.05) is 40.0 Å². The summed E-state index contributed by atoms with van der Waals surface area (Å²) in [5, 5.41) is 6.88. The third-order valence-corrected chi connectivity index (χ3v) is 5.09. The van der Waals surface area contributed by atoms with Crippen LogP contribution in [-0.2, 0) is 15.9 Å². The molecule has 26 heavy (non-hydrogen) atoms. The molecule has 0 bridgehead atoms. The Bertz CT molecular complexity index is 562. The molecular formula is C20H32IN3O2. The minimum atomic E-state index is 0. The summed E-state index contributed by atoms with van der Waals surface area (Å²) in [5.41, 5.74) is 3.01. The fraction of sp³-hybridized carbons (Fsp3) is 0.650. The Hall–Kier alpha value is -0.860. The third kappa shape index (κ3) is 6.39. The van der Waals surface area contributed by atoms with Crippen LogP contribution in [0, 0.1) is 0 Å². The lowest BCUT2D eigenvalue weighted by Crippen LogP contribution is -2.40. The smallest absolute Gasteiger partial charge is 0.190 e. The number of aliphatic imine (C=N–C) groups is 1. The van der Waals surface area contributed by atoms with Crippen molar-refractivity contribution in [1.29, 1.82) is 0 Å². The number of aryl methyl sites for hydroxylation is 1. The van der Waals surface area contributed by atoms with Crippen LogP contribution in [0.1, 0.15) is 42.7 Å². The van der Waals surface area contributed by atoms with Crippen LogP contribution in [0.25, 0.3) is 0 Å². The van der Waals surface area contributed by atoms with Crippen molar-refractivity contribution in [1.82, 2.24) is 10.6 Å². The minimum Gasteiger partial charge on any atom is -0.379 e. The van der Waals surface area contributed by atoms with E-state index in [0.717, 1.165) is 51.7 Å². The summed E-state index contributed by atoms with van der Waals surface area (Å²) in [6.45, 7) is 4.17. The van der Waals surface area contributed by atoms with Gasteiger partial charge in [-0.1, -0.05) is 24.3 Å². The highest BCUT2D eigenvalue weighted by Crippen LogP contribution is 2.30. The molecule has 1 aromatic carbocycles. The number of nitrogens with zero attached hydrogens (tertiary/aromatic N) is 1. The number of nitrogens with one attached hydrogen (secondary N) is 2. The lowest BCUT2D eigenvalue weighted by Gasteiger charge is -2.26. The molecule has 146 valence electrons. The number of guanidine groups is 1. The van der Waals surface area contributed by atoms with Crippen molar-refractivity contribution in [2.45, 2.75) is 44.1 Å². The highest BCUT2D eigenvalue weighted by molar-refractivity contribution is 14.0. The van der Waals surface area contributed by atoms with Gasteiger partial charge in [0.25, 0.3) is 0 Å². The van der Waals surface area contributed by atoms with Crippen LogP contribution in [0.5, 0.6) is 0 Å². The van der Waals surface area contributed by atoms with E-state index in [4.69, 9.17) is 9.47 Å². The van der Waals surface area contributed by atoms with Crippen LogP contribution in [0.15, 0.2) is 29.3 Å². The maximum Gasteiger partial charge on any atom is 0.190 e. The van der Waals surface area contributed by atoms with Gasteiger partial charge in [-0.3, -0.25) is 4.99 Å². The SMILES string of the molecule is CN=C(NCCCOC1CCOC1)NCC1CCCc2ccccc21.I. The monoisotopic (exact) mass is 473 g/mol. The molecule has 2 atom stereocenters. The van der Waals surface area contributed by atoms with Crippen molar-refractivity contribution < 1.29 is 9.47 Å². The lowest BCUT2D eigenvalue weighted by atomic mass is 9.83. The fourth-order valence-electron chi connectivity index (χ4n) is 3.68. The van der Waals surface area contributed by atoms with E-state index in [0.29, 0.717) is 12.0 Å². The lowest BCUT2D eigenvalue weighted by molar-refractivity contribution is 0.0420. The van der Waals surface area contributed by atoms with Crippen molar-refractivity contribution in [3.8, 4) is 0 Å². The zero-order valence-electron chi connectivity index (χ0n) is 15.7. The van der Waals surface area contributed by atoms with Gasteiger partial charge in [0.05, 0.1) is 12.7 Å². The molecule has 0 spiro atoms. The first-order chi connectivity index (χ1) is 12.4. The third-order valence-electron chi connectivity index (χ3n) is 5.09. The molecular weight excluding hydrogens is 441 g/mol. The van der Waals surface area contributed by atoms with Gasteiger partial charge >= 0.3 is 0 Å². The maximum absolute atomic E-state index is 5.79. The molecule has 3 rings (SSSR count). The van der Waals surface area contributed by atoms with Gasteiger partial charge in [0.2, 0.25) is 0 Å². The molecule has 0 aromatic heterocycles. The molecule has 6 heteroatoms. The number of benzene rings is 1. The van der Waals surface area contributed by atoms with Gasteiger partial charge in [-0.05, 0) is 43.2 Å². The second-order valence-electron chi connectivity index (χ2n) is 6.88. The number of rotatable bonds is 7. The van der Waals surface area contributed by atoms with Gasteiger partial charge < -0.3 is 20.1 Å². The molecule has 2 aliphatic rings. The first kappa shape index (κ1) is 21.4. The summed E-state index contributed by atoms with van der Waals surface area (Å²) in [5.74, 6) is 1.46. The van der Waals surface area contributed by atoms with E-state index in [-0.39, 0.29) is 24.0 Å². The zero-order valence-corrected chi connectivity index (χ0v) is 18.0. The standard InChI is InChI=1S/C20H31N3O2.HI/c1-21-20(22-11-5-12-25-18-10-13-24-15-18)23-14-17-8-4-7-16-6-2-3-9-19(16)17;/h2-3,6,9,17-18H,4-5,7-8,10-15H2,1H3,(H2,21,22,23);1H. The van der Waals surface area contributed by atoms with Crippen molar-refractivity contribution in [3.63, 3.8) is 0 Å². The quantitative estimate of drug-likeness (QED) is 0.277. The van der Waals surface area contributed by atoms with Gasteiger partial charge in [0.1, 0.15) is 0 Å². The predicted molar refractivity (Wildman–Crippen MR) is 117 cm³/mol. The van der Waals surface area contributed by atoms with Crippen LogP contribution in [0.3, 0.4) is 0 Å². The van der Waals surface area contributed by atoms with E-state index in [2.05, 4.69) is 39.9 Å². The molecule has 0 saturated carbocycles. The Morgan fingerprint density at radius 2 is 2.15 bits per heavy atom. The van der Waals surface area contributed by atoms with E-state index in [9.17, 15) is 0 Å². The molecule has 0 radical (unpaired) electrons. The van der Waals surface area contributed by atoms with Gasteiger partial charge in [0.15, 0.2) is 5.96 Å². The predicted octanol–water partition coefficient (Wildman–Crippen LogP) is 3.09. The van der Waals surface area contributed by atoms with E-state index in [1.54, 1.807) is 0 Å². The van der Waals surface area contributed by atoms with Gasteiger partial charge in [-0.15, -0.1) is 24.0 Å². The van der Waals surface area contributed by atoms with Crippen molar-refractivity contribution in [2.24, 2.45) is 4.99 Å². The van der Waals surface area contributed by atoms with Crippen LogP contribution in [0.4, 0.5) is 0 Å². The summed E-state index contributed by atoms with van der Waals surface area (Å²) in [7, 11) is 1.83. The molecule has 1 heterocycles. The number of ether oxygens (including phenoxy) is 2. The summed E-state index contributed by atoms with van der Waals surface area (Å²) >= 11 is 0. The highest BCUT2D eigenvalue weighted by atomic mass is 127. The number of hydrogen-bond donors (Lipinski definition) is 2. The summed E-state index contributed by atoms with van der Waals surface area (Å²) in [6.07, 6.45) is 6.04. The molecule has 1 fully saturated rings. The van der Waals surface area contributed by atoms with Crippen LogP contribution < -0.4 is 10.6 Å². The average molecular weight is 473 g/mol. The Morgan fingerprint density at radius 1 is 1.27 bits per heavy atom. The zero-order chi connectivity index (χ0) is 17.3. The molecule has 2 unspecified atom stereocenters. The number of fused-ring (bicyclic) bond motifs is 1. The molecule has 1 saturated heterocycles. The summed E-state index contributed by atoms with van der Waals surface area (Å²) < 4.78 is 11.1. The molecule has 0 amide bonds. The molecule has 1 aliphatic heterocycles. The molecule has 2 N–H and O–H groups in total. The second kappa shape index (κ2) is 11.8. The van der Waals surface area contributed by atoms with E-state index in [1.807, 2.05) is 7.05 Å². The van der Waals surface area contributed by atoms with Gasteiger partial charge in [-0.25, -0.2) is 0 Å². The number of hydrogen-bond acceptors (Lipinski definition) is 3. The number of halogens is 1. The normalized spacial score (nSPS) is 22.4. The van der Waals surface area contributed by atoms with Gasteiger partial charge in [0, 0.05) is 39.3 Å². The summed E-state index contributed by atoms with van der Waals surface area (Å²) in [6, 6.07) is 8.85. The first-order valence-electron chi connectivity index (χ1n) is 9.58. The van der Waals surface area contributed by atoms with Crippen LogP contribution >= 0.6 is 24.0 Å².